The summed E-state index contributed by atoms with van der Waals surface area (Å²) in [5.74, 6) is 0.205. The van der Waals surface area contributed by atoms with E-state index < -0.39 is 11.7 Å². The maximum Gasteiger partial charge on any atom is 0.417 e. The van der Waals surface area contributed by atoms with Crippen LogP contribution in [0.25, 0.3) is 17.0 Å². The summed E-state index contributed by atoms with van der Waals surface area (Å²) < 4.78 is 39.6. The SMILES string of the molecule is Nc1ccc(Cl)cc1-c1nnc2ccc(C(F)(F)F)cn12. The number of nitrogen functional groups attached to an aromatic ring is 1. The summed E-state index contributed by atoms with van der Waals surface area (Å²) in [5, 5.41) is 8.14. The maximum atomic E-state index is 12.8. The van der Waals surface area contributed by atoms with Crippen LogP contribution in [0.2, 0.25) is 5.02 Å². The number of pyridine rings is 1. The molecule has 0 fully saturated rings. The lowest BCUT2D eigenvalue weighted by Crippen LogP contribution is -2.06. The summed E-state index contributed by atoms with van der Waals surface area (Å²) in [6, 6.07) is 6.89. The van der Waals surface area contributed by atoms with Crippen molar-refractivity contribution in [2.75, 3.05) is 5.73 Å². The molecule has 0 unspecified atom stereocenters. The Morgan fingerprint density at radius 3 is 2.57 bits per heavy atom. The van der Waals surface area contributed by atoms with Gasteiger partial charge in [0.25, 0.3) is 0 Å². The van der Waals surface area contributed by atoms with E-state index in [9.17, 15) is 13.2 Å². The van der Waals surface area contributed by atoms with Crippen molar-refractivity contribution in [3.05, 3.63) is 47.1 Å². The predicted octanol–water partition coefficient (Wildman–Crippen LogP) is 3.65. The van der Waals surface area contributed by atoms with Gasteiger partial charge in [0.1, 0.15) is 0 Å². The zero-order valence-corrected chi connectivity index (χ0v) is 11.2. The van der Waals surface area contributed by atoms with Crippen LogP contribution in [0, 0.1) is 0 Å². The number of halogens is 4. The van der Waals surface area contributed by atoms with Crippen LogP contribution in [0.5, 0.6) is 0 Å². The quantitative estimate of drug-likeness (QED) is 0.698. The van der Waals surface area contributed by atoms with Gasteiger partial charge in [0.2, 0.25) is 0 Å². The molecule has 0 radical (unpaired) electrons. The van der Waals surface area contributed by atoms with Crippen molar-refractivity contribution in [3.63, 3.8) is 0 Å². The standard InChI is InChI=1S/C13H8ClF3N4/c14-8-2-3-10(18)9(5-8)12-20-19-11-4-1-7(6-21(11)12)13(15,16)17/h1-6H,18H2. The Hall–Kier alpha value is -2.28. The van der Waals surface area contributed by atoms with Gasteiger partial charge in [0, 0.05) is 22.5 Å². The number of alkyl halides is 3. The molecule has 0 saturated heterocycles. The number of hydrogen-bond acceptors (Lipinski definition) is 3. The highest BCUT2D eigenvalue weighted by Crippen LogP contribution is 2.32. The third kappa shape index (κ3) is 2.40. The molecular formula is C13H8ClF3N4. The molecule has 21 heavy (non-hydrogen) atoms. The molecule has 4 nitrogen and oxygen atoms in total. The molecule has 8 heteroatoms. The minimum atomic E-state index is -4.45. The Labute approximate surface area is 122 Å². The van der Waals surface area contributed by atoms with Crippen LogP contribution in [-0.2, 0) is 6.18 Å². The lowest BCUT2D eigenvalue weighted by molar-refractivity contribution is -0.137. The van der Waals surface area contributed by atoms with Gasteiger partial charge in [-0.2, -0.15) is 13.2 Å². The van der Waals surface area contributed by atoms with E-state index in [0.717, 1.165) is 12.3 Å². The Morgan fingerprint density at radius 2 is 1.86 bits per heavy atom. The Morgan fingerprint density at radius 1 is 1.10 bits per heavy atom. The van der Waals surface area contributed by atoms with Crippen molar-refractivity contribution in [2.45, 2.75) is 6.18 Å². The minimum absolute atomic E-state index is 0.205. The first-order valence-electron chi connectivity index (χ1n) is 5.83. The summed E-state index contributed by atoms with van der Waals surface area (Å²) in [6.07, 6.45) is -3.51. The van der Waals surface area contributed by atoms with Gasteiger partial charge in [0.05, 0.1) is 5.56 Å². The Balaban J connectivity index is 2.26. The van der Waals surface area contributed by atoms with Gasteiger partial charge in [-0.15, -0.1) is 10.2 Å². The van der Waals surface area contributed by atoms with Crippen LogP contribution in [0.4, 0.5) is 18.9 Å². The molecule has 0 aliphatic carbocycles. The van der Waals surface area contributed by atoms with Crippen molar-refractivity contribution in [2.24, 2.45) is 0 Å². The zero-order valence-electron chi connectivity index (χ0n) is 10.4. The van der Waals surface area contributed by atoms with Crippen LogP contribution >= 0.6 is 11.6 Å². The lowest BCUT2D eigenvalue weighted by Gasteiger charge is -2.08. The molecular weight excluding hydrogens is 305 g/mol. The number of hydrogen-bond donors (Lipinski definition) is 1. The average Bonchev–Trinajstić information content (AvgIpc) is 2.83. The van der Waals surface area contributed by atoms with Gasteiger partial charge in [-0.1, -0.05) is 11.6 Å². The van der Waals surface area contributed by atoms with E-state index in [-0.39, 0.29) is 11.5 Å². The number of fused-ring (bicyclic) bond motifs is 1. The molecule has 0 aliphatic rings. The van der Waals surface area contributed by atoms with E-state index in [2.05, 4.69) is 10.2 Å². The van der Waals surface area contributed by atoms with Gasteiger partial charge in [-0.3, -0.25) is 4.40 Å². The fourth-order valence-corrected chi connectivity index (χ4v) is 2.14. The van der Waals surface area contributed by atoms with Gasteiger partial charge >= 0.3 is 6.18 Å². The minimum Gasteiger partial charge on any atom is -0.398 e. The first-order chi connectivity index (χ1) is 9.86. The Kier molecular flexibility index (Phi) is 3.02. The van der Waals surface area contributed by atoms with E-state index in [1.165, 1.54) is 16.5 Å². The van der Waals surface area contributed by atoms with Gasteiger partial charge in [0.15, 0.2) is 11.5 Å². The number of aromatic nitrogens is 3. The number of nitrogens with zero attached hydrogens (tertiary/aromatic N) is 3. The number of anilines is 1. The van der Waals surface area contributed by atoms with E-state index in [0.29, 0.717) is 16.3 Å². The van der Waals surface area contributed by atoms with Gasteiger partial charge < -0.3 is 5.73 Å². The van der Waals surface area contributed by atoms with Crippen molar-refractivity contribution in [1.29, 1.82) is 0 Å². The summed E-state index contributed by atoms with van der Waals surface area (Å²) in [4.78, 5) is 0. The molecule has 0 bridgehead atoms. The second kappa shape index (κ2) is 4.63. The third-order valence-corrected chi connectivity index (χ3v) is 3.22. The fourth-order valence-electron chi connectivity index (χ4n) is 1.96. The smallest absolute Gasteiger partial charge is 0.398 e. The molecule has 2 N–H and O–H groups in total. The summed E-state index contributed by atoms with van der Waals surface area (Å²) in [7, 11) is 0. The van der Waals surface area contributed by atoms with Crippen LogP contribution in [0.15, 0.2) is 36.5 Å². The molecule has 2 heterocycles. The second-order valence-electron chi connectivity index (χ2n) is 4.40. The van der Waals surface area contributed by atoms with Crippen molar-refractivity contribution in [1.82, 2.24) is 14.6 Å². The molecule has 0 saturated carbocycles. The van der Waals surface area contributed by atoms with E-state index >= 15 is 0 Å². The molecule has 3 aromatic rings. The van der Waals surface area contributed by atoms with Crippen molar-refractivity contribution >= 4 is 22.9 Å². The molecule has 0 spiro atoms. The molecule has 1 aromatic carbocycles. The van der Waals surface area contributed by atoms with E-state index in [1.54, 1.807) is 12.1 Å². The van der Waals surface area contributed by atoms with Crippen LogP contribution < -0.4 is 5.73 Å². The highest BCUT2D eigenvalue weighted by Gasteiger charge is 2.31. The second-order valence-corrected chi connectivity index (χ2v) is 4.84. The molecule has 0 atom stereocenters. The monoisotopic (exact) mass is 312 g/mol. The fraction of sp³-hybridized carbons (Fsp3) is 0.0769. The number of benzene rings is 1. The first kappa shape index (κ1) is 13.7. The molecule has 3 rings (SSSR count). The Bertz CT molecular complexity index is 826. The summed E-state index contributed by atoms with van der Waals surface area (Å²) >= 11 is 5.90. The van der Waals surface area contributed by atoms with Crippen molar-refractivity contribution < 1.29 is 13.2 Å². The molecule has 0 aliphatic heterocycles. The van der Waals surface area contributed by atoms with Crippen LogP contribution in [0.1, 0.15) is 5.56 Å². The predicted molar refractivity (Wildman–Crippen MR) is 72.8 cm³/mol. The number of nitrogens with two attached hydrogens (primary N) is 1. The van der Waals surface area contributed by atoms with Gasteiger partial charge in [-0.05, 0) is 30.3 Å². The van der Waals surface area contributed by atoms with E-state index in [1.807, 2.05) is 0 Å². The van der Waals surface area contributed by atoms with E-state index in [4.69, 9.17) is 17.3 Å². The normalized spacial score (nSPS) is 12.0. The van der Waals surface area contributed by atoms with Gasteiger partial charge in [-0.25, -0.2) is 0 Å². The topological polar surface area (TPSA) is 56.2 Å². The first-order valence-corrected chi connectivity index (χ1v) is 6.21. The van der Waals surface area contributed by atoms with Crippen LogP contribution in [-0.4, -0.2) is 14.6 Å². The molecule has 108 valence electrons. The van der Waals surface area contributed by atoms with Crippen LogP contribution in [0.3, 0.4) is 0 Å². The largest absolute Gasteiger partial charge is 0.417 e. The third-order valence-electron chi connectivity index (χ3n) is 2.99. The highest BCUT2D eigenvalue weighted by molar-refractivity contribution is 6.31. The maximum absolute atomic E-state index is 12.8. The number of rotatable bonds is 1. The average molecular weight is 313 g/mol. The molecule has 0 amide bonds. The van der Waals surface area contributed by atoms with Crippen molar-refractivity contribution in [3.8, 4) is 11.4 Å². The summed E-state index contributed by atoms with van der Waals surface area (Å²) in [5.41, 5.74) is 6.11. The summed E-state index contributed by atoms with van der Waals surface area (Å²) in [6.45, 7) is 0. The zero-order chi connectivity index (χ0) is 15.2. The highest BCUT2D eigenvalue weighted by atomic mass is 35.5. The molecule has 2 aromatic heterocycles. The lowest BCUT2D eigenvalue weighted by atomic mass is 10.1.